The van der Waals surface area contributed by atoms with E-state index >= 15 is 0 Å². The largest absolute Gasteiger partial charge is 0.366 e. The molecule has 0 radical (unpaired) electrons. The lowest BCUT2D eigenvalue weighted by molar-refractivity contribution is -0.143. The number of nitrogens with two attached hydrogens (primary N) is 1. The van der Waals surface area contributed by atoms with E-state index in [9.17, 15) is 4.79 Å². The van der Waals surface area contributed by atoms with Crippen LogP contribution < -0.4 is 11.1 Å². The fourth-order valence-corrected chi connectivity index (χ4v) is 3.08. The number of anilines is 1. The summed E-state index contributed by atoms with van der Waals surface area (Å²) in [5.74, 6) is 1.02. The van der Waals surface area contributed by atoms with Gasteiger partial charge in [-0.25, -0.2) is 0 Å². The molecule has 1 aromatic heterocycles. The van der Waals surface area contributed by atoms with Crippen LogP contribution in [-0.4, -0.2) is 46.7 Å². The van der Waals surface area contributed by atoms with Crippen LogP contribution in [-0.2, 0) is 4.79 Å². The Morgan fingerprint density at radius 3 is 2.59 bits per heavy atom. The molecule has 1 aromatic rings. The number of nitrogens with zero attached hydrogens (tertiary/aromatic N) is 3. The summed E-state index contributed by atoms with van der Waals surface area (Å²) in [5.41, 5.74) is 5.51. The van der Waals surface area contributed by atoms with Gasteiger partial charge < -0.3 is 16.0 Å². The van der Waals surface area contributed by atoms with Gasteiger partial charge in [-0.15, -0.1) is 5.10 Å². The molecule has 1 amide bonds. The van der Waals surface area contributed by atoms with Gasteiger partial charge in [0.05, 0.1) is 5.41 Å². The van der Waals surface area contributed by atoms with Crippen molar-refractivity contribution < 1.29 is 4.79 Å². The van der Waals surface area contributed by atoms with Crippen LogP contribution in [0.3, 0.4) is 0 Å². The zero-order chi connectivity index (χ0) is 16.0. The summed E-state index contributed by atoms with van der Waals surface area (Å²) in [6.45, 7) is 6.08. The Labute approximate surface area is 132 Å². The van der Waals surface area contributed by atoms with Crippen LogP contribution in [0.2, 0.25) is 0 Å². The number of rotatable bonds is 6. The molecule has 0 aliphatic carbocycles. The number of nitrogens with one attached hydrogen (secondary N) is 1. The Morgan fingerprint density at radius 2 is 2.09 bits per heavy atom. The normalized spacial score (nSPS) is 16.6. The second kappa shape index (κ2) is 7.54. The molecule has 0 atom stereocenters. The van der Waals surface area contributed by atoms with Crippen LogP contribution in [0.5, 0.6) is 0 Å². The standard InChI is InChI=1S/C16H27N5O/c1-3-16(4-2,12-17)15(22)21-10-7-13(8-11-21)19-14-6-5-9-18-20-14/h5-6,9,13H,3-4,7-8,10-12,17H2,1-2H3,(H,19,20). The van der Waals surface area contributed by atoms with Gasteiger partial charge in [0.15, 0.2) is 0 Å². The predicted molar refractivity (Wildman–Crippen MR) is 87.3 cm³/mol. The van der Waals surface area contributed by atoms with E-state index in [0.717, 1.165) is 44.6 Å². The highest BCUT2D eigenvalue weighted by Crippen LogP contribution is 2.29. The lowest BCUT2D eigenvalue weighted by Gasteiger charge is -2.39. The second-order valence-electron chi connectivity index (χ2n) is 6.01. The van der Waals surface area contributed by atoms with Crippen LogP contribution in [0.15, 0.2) is 18.3 Å². The maximum Gasteiger partial charge on any atom is 0.230 e. The number of likely N-dealkylation sites (tertiary alicyclic amines) is 1. The number of hydrogen-bond acceptors (Lipinski definition) is 5. The Balaban J connectivity index is 1.90. The number of piperidine rings is 1. The molecular formula is C16H27N5O. The van der Waals surface area contributed by atoms with E-state index in [0.29, 0.717) is 12.6 Å². The van der Waals surface area contributed by atoms with E-state index < -0.39 is 0 Å². The molecule has 0 bridgehead atoms. The van der Waals surface area contributed by atoms with E-state index in [1.807, 2.05) is 17.0 Å². The summed E-state index contributed by atoms with van der Waals surface area (Å²) in [5, 5.41) is 11.3. The van der Waals surface area contributed by atoms with Crippen LogP contribution in [0.4, 0.5) is 5.82 Å². The van der Waals surface area contributed by atoms with Crippen LogP contribution in [0.1, 0.15) is 39.5 Å². The van der Waals surface area contributed by atoms with Crippen LogP contribution >= 0.6 is 0 Å². The van der Waals surface area contributed by atoms with Crippen molar-refractivity contribution in [3.63, 3.8) is 0 Å². The molecule has 0 spiro atoms. The first kappa shape index (κ1) is 16.7. The third-order valence-electron chi connectivity index (χ3n) is 4.90. The first-order valence-corrected chi connectivity index (χ1v) is 8.19. The Kier molecular flexibility index (Phi) is 5.71. The zero-order valence-electron chi connectivity index (χ0n) is 13.6. The SMILES string of the molecule is CCC(CC)(CN)C(=O)N1CCC(Nc2cccnn2)CC1. The van der Waals surface area contributed by atoms with Crippen molar-refractivity contribution in [3.8, 4) is 0 Å². The van der Waals surface area contributed by atoms with Crippen molar-refractivity contribution in [1.29, 1.82) is 0 Å². The van der Waals surface area contributed by atoms with Gasteiger partial charge >= 0.3 is 0 Å². The van der Waals surface area contributed by atoms with E-state index in [1.54, 1.807) is 6.20 Å². The molecule has 0 saturated carbocycles. The van der Waals surface area contributed by atoms with Gasteiger partial charge in [-0.1, -0.05) is 13.8 Å². The van der Waals surface area contributed by atoms with Crippen molar-refractivity contribution in [3.05, 3.63) is 18.3 Å². The Morgan fingerprint density at radius 1 is 1.41 bits per heavy atom. The Bertz CT molecular complexity index is 458. The molecule has 2 rings (SSSR count). The summed E-state index contributed by atoms with van der Waals surface area (Å²) in [7, 11) is 0. The second-order valence-corrected chi connectivity index (χ2v) is 6.01. The fourth-order valence-electron chi connectivity index (χ4n) is 3.08. The quantitative estimate of drug-likeness (QED) is 0.835. The Hall–Kier alpha value is -1.69. The summed E-state index contributed by atoms with van der Waals surface area (Å²) < 4.78 is 0. The minimum atomic E-state index is -0.384. The average Bonchev–Trinajstić information content (AvgIpc) is 2.58. The lowest BCUT2D eigenvalue weighted by Crippen LogP contribution is -2.51. The van der Waals surface area contributed by atoms with Gasteiger partial charge in [0.2, 0.25) is 5.91 Å². The highest BCUT2D eigenvalue weighted by atomic mass is 16.2. The van der Waals surface area contributed by atoms with Gasteiger partial charge in [0.25, 0.3) is 0 Å². The maximum absolute atomic E-state index is 12.8. The number of hydrogen-bond donors (Lipinski definition) is 2. The smallest absolute Gasteiger partial charge is 0.230 e. The first-order valence-electron chi connectivity index (χ1n) is 8.19. The van der Waals surface area contributed by atoms with Crippen molar-refractivity contribution >= 4 is 11.7 Å². The summed E-state index contributed by atoms with van der Waals surface area (Å²) in [6, 6.07) is 4.13. The molecule has 0 aromatic carbocycles. The molecule has 122 valence electrons. The third kappa shape index (κ3) is 3.55. The number of amides is 1. The number of carbonyl (C=O) groups excluding carboxylic acids is 1. The summed E-state index contributed by atoms with van der Waals surface area (Å²) >= 11 is 0. The molecule has 1 saturated heterocycles. The number of aromatic nitrogens is 2. The van der Waals surface area contributed by atoms with Gasteiger partial charge in [-0.3, -0.25) is 4.79 Å². The van der Waals surface area contributed by atoms with Crippen molar-refractivity contribution in [1.82, 2.24) is 15.1 Å². The van der Waals surface area contributed by atoms with Crippen LogP contribution in [0, 0.1) is 5.41 Å². The maximum atomic E-state index is 12.8. The highest BCUT2D eigenvalue weighted by Gasteiger charge is 2.38. The van der Waals surface area contributed by atoms with E-state index in [-0.39, 0.29) is 11.3 Å². The van der Waals surface area contributed by atoms with Gasteiger partial charge in [-0.05, 0) is 37.8 Å². The van der Waals surface area contributed by atoms with Gasteiger partial charge in [0, 0.05) is 31.9 Å². The molecule has 22 heavy (non-hydrogen) atoms. The van der Waals surface area contributed by atoms with Crippen molar-refractivity contribution in [2.45, 2.75) is 45.6 Å². The van der Waals surface area contributed by atoms with Crippen LogP contribution in [0.25, 0.3) is 0 Å². The zero-order valence-corrected chi connectivity index (χ0v) is 13.6. The molecule has 6 nitrogen and oxygen atoms in total. The molecule has 1 fully saturated rings. The topological polar surface area (TPSA) is 84.1 Å². The van der Waals surface area contributed by atoms with E-state index in [4.69, 9.17) is 5.73 Å². The summed E-state index contributed by atoms with van der Waals surface area (Å²) in [6.07, 6.45) is 5.12. The molecule has 0 unspecified atom stereocenters. The van der Waals surface area contributed by atoms with Crippen molar-refractivity contribution in [2.75, 3.05) is 25.0 Å². The van der Waals surface area contributed by atoms with Gasteiger partial charge in [-0.2, -0.15) is 5.10 Å². The number of carbonyl (C=O) groups is 1. The molecule has 2 heterocycles. The van der Waals surface area contributed by atoms with Gasteiger partial charge in [0.1, 0.15) is 5.82 Å². The molecule has 1 aliphatic heterocycles. The minimum absolute atomic E-state index is 0.220. The molecule has 1 aliphatic rings. The van der Waals surface area contributed by atoms with E-state index in [1.165, 1.54) is 0 Å². The van der Waals surface area contributed by atoms with E-state index in [2.05, 4.69) is 29.4 Å². The highest BCUT2D eigenvalue weighted by molar-refractivity contribution is 5.83. The molecule has 6 heteroatoms. The third-order valence-corrected chi connectivity index (χ3v) is 4.90. The summed E-state index contributed by atoms with van der Waals surface area (Å²) in [4.78, 5) is 14.8. The molecular weight excluding hydrogens is 278 g/mol. The van der Waals surface area contributed by atoms with Crippen molar-refractivity contribution in [2.24, 2.45) is 11.1 Å². The first-order chi connectivity index (χ1) is 10.6. The lowest BCUT2D eigenvalue weighted by atomic mass is 9.80. The average molecular weight is 305 g/mol. The fraction of sp³-hybridized carbons (Fsp3) is 0.688. The minimum Gasteiger partial charge on any atom is -0.366 e. The predicted octanol–water partition coefficient (Wildman–Crippen LogP) is 1.64. The monoisotopic (exact) mass is 305 g/mol. The molecule has 3 N–H and O–H groups in total.